The number of hydroxylamine groups is 1. The number of ether oxygens (including phenoxy) is 2. The van der Waals surface area contributed by atoms with Gasteiger partial charge in [0.15, 0.2) is 11.5 Å². The Kier molecular flexibility index (Phi) is 6.79. The highest BCUT2D eigenvalue weighted by Crippen LogP contribution is 2.30. The maximum atomic E-state index is 12.8. The molecule has 23 heavy (non-hydrogen) atoms. The second-order valence-electron chi connectivity index (χ2n) is 5.24. The van der Waals surface area contributed by atoms with Crippen LogP contribution in [-0.2, 0) is 14.8 Å². The van der Waals surface area contributed by atoms with E-state index in [0.29, 0.717) is 5.75 Å². The van der Waals surface area contributed by atoms with Crippen LogP contribution in [-0.4, -0.2) is 51.1 Å². The van der Waals surface area contributed by atoms with Gasteiger partial charge in [0.2, 0.25) is 10.0 Å². The van der Waals surface area contributed by atoms with Crippen LogP contribution in [0.15, 0.2) is 23.1 Å². The SMILES string of the molecule is COc1ccc(S(=O)(=O)N(CC(=O)NO)CC(C)C)cc1OC. The molecule has 1 aromatic carbocycles. The van der Waals surface area contributed by atoms with Gasteiger partial charge < -0.3 is 9.47 Å². The van der Waals surface area contributed by atoms with Gasteiger partial charge in [-0.15, -0.1) is 0 Å². The van der Waals surface area contributed by atoms with Gasteiger partial charge in [0.05, 0.1) is 25.7 Å². The molecule has 1 rings (SSSR count). The second kappa shape index (κ2) is 8.14. The molecule has 0 heterocycles. The third-order valence-corrected chi connectivity index (χ3v) is 4.81. The van der Waals surface area contributed by atoms with E-state index in [-0.39, 0.29) is 23.1 Å². The van der Waals surface area contributed by atoms with Gasteiger partial charge in [0.25, 0.3) is 5.91 Å². The van der Waals surface area contributed by atoms with E-state index in [1.165, 1.54) is 37.9 Å². The standard InChI is InChI=1S/C14H22N2O6S/c1-10(2)8-16(9-14(17)15-18)23(19,20)11-5-6-12(21-3)13(7-11)22-4/h5-7,10,18H,8-9H2,1-4H3,(H,15,17). The largest absolute Gasteiger partial charge is 0.493 e. The number of sulfonamides is 1. The van der Waals surface area contributed by atoms with Gasteiger partial charge in [0, 0.05) is 12.6 Å². The molecule has 0 saturated carbocycles. The molecule has 0 atom stereocenters. The highest BCUT2D eigenvalue weighted by atomic mass is 32.2. The molecule has 0 saturated heterocycles. The molecule has 9 heteroatoms. The summed E-state index contributed by atoms with van der Waals surface area (Å²) < 4.78 is 36.7. The van der Waals surface area contributed by atoms with E-state index in [1.807, 2.05) is 13.8 Å². The summed E-state index contributed by atoms with van der Waals surface area (Å²) in [6.07, 6.45) is 0. The van der Waals surface area contributed by atoms with Gasteiger partial charge in [-0.3, -0.25) is 10.0 Å². The molecule has 1 aromatic rings. The van der Waals surface area contributed by atoms with Gasteiger partial charge >= 0.3 is 0 Å². The number of hydrogen-bond acceptors (Lipinski definition) is 6. The molecule has 0 aliphatic carbocycles. The molecular weight excluding hydrogens is 324 g/mol. The molecule has 130 valence electrons. The molecule has 1 amide bonds. The topological polar surface area (TPSA) is 105 Å². The molecular formula is C14H22N2O6S. The van der Waals surface area contributed by atoms with Crippen LogP contribution in [0.4, 0.5) is 0 Å². The minimum absolute atomic E-state index is 0.00332. The lowest BCUT2D eigenvalue weighted by atomic mass is 10.2. The number of rotatable bonds is 8. The second-order valence-corrected chi connectivity index (χ2v) is 7.18. The Labute approximate surface area is 136 Å². The van der Waals surface area contributed by atoms with Gasteiger partial charge in [-0.2, -0.15) is 4.31 Å². The first-order valence-electron chi connectivity index (χ1n) is 6.91. The van der Waals surface area contributed by atoms with E-state index in [4.69, 9.17) is 14.7 Å². The zero-order chi connectivity index (χ0) is 17.6. The summed E-state index contributed by atoms with van der Waals surface area (Å²) in [7, 11) is -1.08. The Morgan fingerprint density at radius 2 is 1.87 bits per heavy atom. The average Bonchev–Trinajstić information content (AvgIpc) is 2.52. The van der Waals surface area contributed by atoms with Crippen molar-refractivity contribution < 1.29 is 27.9 Å². The number of amides is 1. The predicted molar refractivity (Wildman–Crippen MR) is 83.1 cm³/mol. The summed E-state index contributed by atoms with van der Waals surface area (Å²) in [5, 5.41) is 8.65. The van der Waals surface area contributed by atoms with E-state index in [1.54, 1.807) is 0 Å². The Hall–Kier alpha value is -1.84. The smallest absolute Gasteiger partial charge is 0.258 e. The quantitative estimate of drug-likeness (QED) is 0.534. The molecule has 8 nitrogen and oxygen atoms in total. The fraction of sp³-hybridized carbons (Fsp3) is 0.500. The van der Waals surface area contributed by atoms with Crippen LogP contribution >= 0.6 is 0 Å². The molecule has 0 aliphatic heterocycles. The molecule has 0 unspecified atom stereocenters. The first kappa shape index (κ1) is 19.2. The van der Waals surface area contributed by atoms with Crippen LogP contribution in [0, 0.1) is 5.92 Å². The third kappa shape index (κ3) is 4.81. The lowest BCUT2D eigenvalue weighted by Gasteiger charge is -2.23. The number of carbonyl (C=O) groups excluding carboxylic acids is 1. The summed E-state index contributed by atoms with van der Waals surface area (Å²) in [6.45, 7) is 3.30. The summed E-state index contributed by atoms with van der Waals surface area (Å²) in [4.78, 5) is 11.4. The highest BCUT2D eigenvalue weighted by molar-refractivity contribution is 7.89. The molecule has 0 aliphatic rings. The Balaban J connectivity index is 3.25. The van der Waals surface area contributed by atoms with Crippen LogP contribution in [0.3, 0.4) is 0 Å². The van der Waals surface area contributed by atoms with Gasteiger partial charge in [0.1, 0.15) is 0 Å². The predicted octanol–water partition coefficient (Wildman–Crippen LogP) is 0.856. The van der Waals surface area contributed by atoms with E-state index in [9.17, 15) is 13.2 Å². The van der Waals surface area contributed by atoms with Crippen molar-refractivity contribution in [2.75, 3.05) is 27.3 Å². The number of benzene rings is 1. The minimum Gasteiger partial charge on any atom is -0.493 e. The zero-order valence-electron chi connectivity index (χ0n) is 13.6. The van der Waals surface area contributed by atoms with E-state index >= 15 is 0 Å². The highest BCUT2D eigenvalue weighted by Gasteiger charge is 2.28. The number of nitrogens with one attached hydrogen (secondary N) is 1. The number of carbonyl (C=O) groups is 1. The van der Waals surface area contributed by atoms with Crippen LogP contribution in [0.2, 0.25) is 0 Å². The van der Waals surface area contributed by atoms with Gasteiger partial charge in [-0.25, -0.2) is 13.9 Å². The molecule has 2 N–H and O–H groups in total. The number of hydrogen-bond donors (Lipinski definition) is 2. The van der Waals surface area contributed by atoms with Crippen molar-refractivity contribution >= 4 is 15.9 Å². The van der Waals surface area contributed by atoms with E-state index in [2.05, 4.69) is 0 Å². The number of nitrogens with zero attached hydrogens (tertiary/aromatic N) is 1. The Morgan fingerprint density at radius 3 is 2.35 bits per heavy atom. The lowest BCUT2D eigenvalue weighted by Crippen LogP contribution is -2.41. The lowest BCUT2D eigenvalue weighted by molar-refractivity contribution is -0.129. The minimum atomic E-state index is -3.93. The Bertz CT molecular complexity index is 645. The molecule has 0 bridgehead atoms. The van der Waals surface area contributed by atoms with Crippen molar-refractivity contribution in [1.29, 1.82) is 0 Å². The van der Waals surface area contributed by atoms with Gasteiger partial charge in [-0.1, -0.05) is 13.8 Å². The molecule has 0 radical (unpaired) electrons. The summed E-state index contributed by atoms with van der Waals surface area (Å²) in [5.74, 6) is -0.147. The summed E-state index contributed by atoms with van der Waals surface area (Å²) in [5.41, 5.74) is 1.44. The van der Waals surface area contributed by atoms with Crippen LogP contribution in [0.1, 0.15) is 13.8 Å². The zero-order valence-corrected chi connectivity index (χ0v) is 14.4. The summed E-state index contributed by atoms with van der Waals surface area (Å²) >= 11 is 0. The van der Waals surface area contributed by atoms with Crippen molar-refractivity contribution in [2.45, 2.75) is 18.7 Å². The fourth-order valence-corrected chi connectivity index (χ4v) is 3.55. The molecule has 0 fully saturated rings. The van der Waals surface area contributed by atoms with Gasteiger partial charge in [-0.05, 0) is 18.1 Å². The first-order valence-corrected chi connectivity index (χ1v) is 8.35. The van der Waals surface area contributed by atoms with Crippen LogP contribution in [0.5, 0.6) is 11.5 Å². The first-order chi connectivity index (χ1) is 10.8. The number of methoxy groups -OCH3 is 2. The van der Waals surface area contributed by atoms with Crippen molar-refractivity contribution in [3.05, 3.63) is 18.2 Å². The Morgan fingerprint density at radius 1 is 1.26 bits per heavy atom. The molecule has 0 spiro atoms. The van der Waals surface area contributed by atoms with Crippen LogP contribution in [0.25, 0.3) is 0 Å². The third-order valence-electron chi connectivity index (χ3n) is 3.01. The van der Waals surface area contributed by atoms with Crippen molar-refractivity contribution in [2.24, 2.45) is 5.92 Å². The van der Waals surface area contributed by atoms with Crippen molar-refractivity contribution in [3.8, 4) is 11.5 Å². The van der Waals surface area contributed by atoms with Crippen LogP contribution < -0.4 is 15.0 Å². The fourth-order valence-electron chi connectivity index (χ4n) is 1.98. The van der Waals surface area contributed by atoms with E-state index in [0.717, 1.165) is 4.31 Å². The normalized spacial score (nSPS) is 11.6. The van der Waals surface area contributed by atoms with Crippen molar-refractivity contribution in [1.82, 2.24) is 9.79 Å². The average molecular weight is 346 g/mol. The maximum Gasteiger partial charge on any atom is 0.258 e. The maximum absolute atomic E-state index is 12.8. The molecule has 0 aromatic heterocycles. The van der Waals surface area contributed by atoms with Crippen molar-refractivity contribution in [3.63, 3.8) is 0 Å². The monoisotopic (exact) mass is 346 g/mol. The summed E-state index contributed by atoms with van der Waals surface area (Å²) in [6, 6.07) is 4.19. The van der Waals surface area contributed by atoms with E-state index < -0.39 is 22.5 Å².